The third-order valence-corrected chi connectivity index (χ3v) is 6.54. The summed E-state index contributed by atoms with van der Waals surface area (Å²) in [6, 6.07) is 15.6. The molecule has 2 aromatic heterocycles. The Bertz CT molecular complexity index is 1700. The highest BCUT2D eigenvalue weighted by Crippen LogP contribution is 2.26. The van der Waals surface area contributed by atoms with Crippen LogP contribution in [0.1, 0.15) is 22.8 Å². The summed E-state index contributed by atoms with van der Waals surface area (Å²) in [6.07, 6.45) is 1.50. The lowest BCUT2D eigenvalue weighted by atomic mass is 10.1. The summed E-state index contributed by atoms with van der Waals surface area (Å²) in [5.74, 6) is -0.672. The summed E-state index contributed by atoms with van der Waals surface area (Å²) in [6.45, 7) is 5.41. The largest absolute Gasteiger partial charge is 0.298 e. The molecule has 1 fully saturated rings. The number of thiocarbonyl (C=S) groups is 1. The highest BCUT2D eigenvalue weighted by atomic mass is 35.5. The van der Waals surface area contributed by atoms with Crippen LogP contribution in [0, 0.1) is 20.8 Å². The lowest BCUT2D eigenvalue weighted by Gasteiger charge is -2.29. The van der Waals surface area contributed by atoms with Crippen molar-refractivity contribution in [3.05, 3.63) is 98.3 Å². The van der Waals surface area contributed by atoms with E-state index >= 15 is 0 Å². The number of anilines is 1. The van der Waals surface area contributed by atoms with Gasteiger partial charge in [0.15, 0.2) is 5.11 Å². The fraction of sp³-hybridized carbons (Fsp3) is 0.115. The summed E-state index contributed by atoms with van der Waals surface area (Å²) in [4.78, 5) is 45.3. The third-order valence-electron chi connectivity index (χ3n) is 6.02. The number of aryl methyl sites for hydroxylation is 2. The van der Waals surface area contributed by atoms with Gasteiger partial charge in [0.25, 0.3) is 17.4 Å². The maximum Gasteiger partial charge on any atom is 0.280 e. The highest BCUT2D eigenvalue weighted by Gasteiger charge is 2.35. The van der Waals surface area contributed by atoms with E-state index < -0.39 is 11.8 Å². The normalized spacial score (nSPS) is 15.2. The molecule has 0 bridgehead atoms. The van der Waals surface area contributed by atoms with Crippen LogP contribution in [0.4, 0.5) is 5.69 Å². The van der Waals surface area contributed by atoms with Gasteiger partial charge < -0.3 is 0 Å². The van der Waals surface area contributed by atoms with Crippen LogP contribution in [0.2, 0.25) is 5.02 Å². The SMILES string of the molecule is Cc1cc(C=C2C(=O)NC(=S)N(c3cccc(Cl)c3)C2=O)c(C)n1-n1c(C)nc2ccccc2c1=O. The number of carbonyl (C=O) groups excluding carboxylic acids is 2. The van der Waals surface area contributed by atoms with Gasteiger partial charge in [-0.15, -0.1) is 0 Å². The molecule has 1 saturated heterocycles. The number of halogens is 1. The third kappa shape index (κ3) is 3.82. The molecular weight excluding hydrogens is 498 g/mol. The highest BCUT2D eigenvalue weighted by molar-refractivity contribution is 7.80. The van der Waals surface area contributed by atoms with Crippen molar-refractivity contribution in [2.24, 2.45) is 0 Å². The number of fused-ring (bicyclic) bond motifs is 1. The van der Waals surface area contributed by atoms with Gasteiger partial charge in [0.05, 0.1) is 16.6 Å². The molecule has 5 rings (SSSR count). The first-order valence-corrected chi connectivity index (χ1v) is 11.8. The topological polar surface area (TPSA) is 89.2 Å². The molecule has 0 unspecified atom stereocenters. The van der Waals surface area contributed by atoms with Crippen LogP contribution in [-0.2, 0) is 9.59 Å². The van der Waals surface area contributed by atoms with Gasteiger partial charge in [-0.25, -0.2) is 4.98 Å². The zero-order chi connectivity index (χ0) is 25.7. The van der Waals surface area contributed by atoms with Crippen molar-refractivity contribution in [1.82, 2.24) is 19.7 Å². The van der Waals surface area contributed by atoms with Crippen LogP contribution < -0.4 is 15.8 Å². The smallest absolute Gasteiger partial charge is 0.280 e. The molecule has 180 valence electrons. The Kier molecular flexibility index (Phi) is 5.82. The molecule has 3 heterocycles. The molecule has 0 radical (unpaired) electrons. The predicted octanol–water partition coefficient (Wildman–Crippen LogP) is 3.92. The Hall–Kier alpha value is -4.08. The summed E-state index contributed by atoms with van der Waals surface area (Å²) in [7, 11) is 0. The van der Waals surface area contributed by atoms with E-state index in [1.54, 1.807) is 60.1 Å². The van der Waals surface area contributed by atoms with Crippen molar-refractivity contribution in [2.45, 2.75) is 20.8 Å². The minimum absolute atomic E-state index is 0.0284. The number of carbonyl (C=O) groups is 2. The molecule has 0 atom stereocenters. The van der Waals surface area contributed by atoms with Crippen LogP contribution in [0.25, 0.3) is 17.0 Å². The average Bonchev–Trinajstić information content (AvgIpc) is 3.09. The first-order chi connectivity index (χ1) is 17.2. The zero-order valence-electron chi connectivity index (χ0n) is 19.6. The number of amides is 2. The Morgan fingerprint density at radius 3 is 2.47 bits per heavy atom. The van der Waals surface area contributed by atoms with Crippen molar-refractivity contribution in [3.63, 3.8) is 0 Å². The van der Waals surface area contributed by atoms with Gasteiger partial charge in [-0.2, -0.15) is 4.68 Å². The molecule has 1 aliphatic heterocycles. The molecular formula is C26H20ClN5O3S. The van der Waals surface area contributed by atoms with Gasteiger partial charge in [0.2, 0.25) is 0 Å². The summed E-state index contributed by atoms with van der Waals surface area (Å²) in [5.41, 5.74) is 2.73. The van der Waals surface area contributed by atoms with Crippen LogP contribution in [0.15, 0.2) is 65.0 Å². The van der Waals surface area contributed by atoms with Gasteiger partial charge >= 0.3 is 0 Å². The Balaban J connectivity index is 1.63. The van der Waals surface area contributed by atoms with E-state index in [0.29, 0.717) is 38.7 Å². The summed E-state index contributed by atoms with van der Waals surface area (Å²) < 4.78 is 3.22. The first-order valence-electron chi connectivity index (χ1n) is 11.0. The maximum absolute atomic E-state index is 13.4. The van der Waals surface area contributed by atoms with Crippen LogP contribution in [0.5, 0.6) is 0 Å². The number of hydrogen-bond acceptors (Lipinski definition) is 5. The van der Waals surface area contributed by atoms with Crippen LogP contribution in [-0.4, -0.2) is 31.3 Å². The van der Waals surface area contributed by atoms with E-state index in [9.17, 15) is 14.4 Å². The Labute approximate surface area is 216 Å². The second-order valence-electron chi connectivity index (χ2n) is 8.37. The molecule has 36 heavy (non-hydrogen) atoms. The van der Waals surface area contributed by atoms with E-state index in [2.05, 4.69) is 10.3 Å². The Morgan fingerprint density at radius 1 is 0.972 bits per heavy atom. The molecule has 8 nitrogen and oxygen atoms in total. The molecule has 0 saturated carbocycles. The number of hydrogen-bond donors (Lipinski definition) is 1. The molecule has 2 amide bonds. The van der Waals surface area contributed by atoms with Gasteiger partial charge in [0, 0.05) is 16.4 Å². The monoisotopic (exact) mass is 517 g/mol. The zero-order valence-corrected chi connectivity index (χ0v) is 21.1. The fourth-order valence-corrected chi connectivity index (χ4v) is 4.83. The van der Waals surface area contributed by atoms with E-state index in [1.165, 1.54) is 15.7 Å². The predicted molar refractivity (Wildman–Crippen MR) is 143 cm³/mol. The second-order valence-corrected chi connectivity index (χ2v) is 9.19. The van der Waals surface area contributed by atoms with Gasteiger partial charge in [-0.3, -0.25) is 29.3 Å². The first kappa shape index (κ1) is 23.7. The van der Waals surface area contributed by atoms with Crippen molar-refractivity contribution < 1.29 is 9.59 Å². The van der Waals surface area contributed by atoms with Crippen LogP contribution >= 0.6 is 23.8 Å². The number of para-hydroxylation sites is 1. The number of nitrogens with one attached hydrogen (secondary N) is 1. The van der Waals surface area contributed by atoms with Crippen molar-refractivity contribution >= 4 is 63.4 Å². The molecule has 10 heteroatoms. The minimum atomic E-state index is -0.603. The molecule has 1 N–H and O–H groups in total. The number of aromatic nitrogens is 3. The van der Waals surface area contributed by atoms with Crippen molar-refractivity contribution in [1.29, 1.82) is 0 Å². The van der Waals surface area contributed by atoms with Crippen LogP contribution in [0.3, 0.4) is 0 Å². The number of nitrogens with zero attached hydrogens (tertiary/aromatic N) is 4. The number of benzene rings is 2. The molecule has 1 aliphatic rings. The van der Waals surface area contributed by atoms with E-state index in [0.717, 1.165) is 5.69 Å². The van der Waals surface area contributed by atoms with E-state index in [4.69, 9.17) is 23.8 Å². The van der Waals surface area contributed by atoms with Crippen molar-refractivity contribution in [2.75, 3.05) is 4.90 Å². The quantitative estimate of drug-likeness (QED) is 0.253. The van der Waals surface area contributed by atoms with Gasteiger partial charge in [-0.1, -0.05) is 29.8 Å². The number of rotatable bonds is 3. The Morgan fingerprint density at radius 2 is 1.72 bits per heavy atom. The average molecular weight is 518 g/mol. The minimum Gasteiger partial charge on any atom is -0.298 e. The summed E-state index contributed by atoms with van der Waals surface area (Å²) in [5, 5.41) is 3.46. The molecule has 0 spiro atoms. The van der Waals surface area contributed by atoms with E-state index in [1.807, 2.05) is 19.9 Å². The molecule has 4 aromatic rings. The fourth-order valence-electron chi connectivity index (χ4n) is 4.36. The van der Waals surface area contributed by atoms with Crippen molar-refractivity contribution in [3.8, 4) is 0 Å². The summed E-state index contributed by atoms with van der Waals surface area (Å²) >= 11 is 11.4. The maximum atomic E-state index is 13.4. The standard InChI is InChI=1S/C26H20ClN5O3S/c1-14-11-17(15(2)31(14)32-16(3)28-22-10-5-4-9-20(22)25(32)35)12-21-23(33)29-26(36)30(24(21)34)19-8-6-7-18(27)13-19/h4-13H,1-3H3,(H,29,33,36). The van der Waals surface area contributed by atoms with E-state index in [-0.39, 0.29) is 16.2 Å². The second kappa shape index (κ2) is 8.85. The van der Waals surface area contributed by atoms with Gasteiger partial charge in [-0.05, 0) is 81.0 Å². The molecule has 2 aromatic carbocycles. The van der Waals surface area contributed by atoms with Gasteiger partial charge in [0.1, 0.15) is 11.4 Å². The molecule has 0 aliphatic carbocycles. The lowest BCUT2D eigenvalue weighted by Crippen LogP contribution is -2.54. The lowest BCUT2D eigenvalue weighted by molar-refractivity contribution is -0.122.